The van der Waals surface area contributed by atoms with E-state index in [9.17, 15) is 14.7 Å². The number of rotatable bonds is 5. The second-order valence-corrected chi connectivity index (χ2v) is 3.28. The number of carbonyl (C=O) groups is 2. The van der Waals surface area contributed by atoms with Crippen LogP contribution in [0.25, 0.3) is 0 Å². The van der Waals surface area contributed by atoms with E-state index in [2.05, 4.69) is 0 Å². The van der Waals surface area contributed by atoms with Crippen molar-refractivity contribution in [3.05, 3.63) is 35.9 Å². The van der Waals surface area contributed by atoms with Gasteiger partial charge in [-0.05, 0) is 5.56 Å². The number of carboxylic acid groups (broad SMARTS) is 1. The molecule has 1 aromatic rings. The van der Waals surface area contributed by atoms with E-state index >= 15 is 0 Å². The first-order valence-electron chi connectivity index (χ1n) is 4.75. The zero-order chi connectivity index (χ0) is 12.0. The fraction of sp³-hybridized carbons (Fsp3) is 0.273. The van der Waals surface area contributed by atoms with E-state index in [1.807, 2.05) is 18.2 Å². The Labute approximate surface area is 92.8 Å². The van der Waals surface area contributed by atoms with E-state index in [0.29, 0.717) is 0 Å². The maximum atomic E-state index is 11.1. The lowest BCUT2D eigenvalue weighted by atomic mass is 10.2. The van der Waals surface area contributed by atoms with E-state index in [1.54, 1.807) is 12.1 Å². The summed E-state index contributed by atoms with van der Waals surface area (Å²) in [5, 5.41) is 10.3. The molecule has 5 nitrogen and oxygen atoms in total. The van der Waals surface area contributed by atoms with Crippen molar-refractivity contribution in [2.45, 2.75) is 19.1 Å². The van der Waals surface area contributed by atoms with Crippen molar-refractivity contribution >= 4 is 11.9 Å². The van der Waals surface area contributed by atoms with E-state index in [0.717, 1.165) is 5.56 Å². The maximum absolute atomic E-state index is 11.1. The summed E-state index contributed by atoms with van der Waals surface area (Å²) in [5.41, 5.74) is 5.95. The molecule has 1 aromatic carbocycles. The van der Waals surface area contributed by atoms with Gasteiger partial charge >= 0.3 is 5.97 Å². The van der Waals surface area contributed by atoms with Gasteiger partial charge in [0.1, 0.15) is 6.61 Å². The third-order valence-corrected chi connectivity index (χ3v) is 1.93. The predicted octanol–water partition coefficient (Wildman–Crippen LogP) is -0.803. The molecule has 0 fully saturated rings. The van der Waals surface area contributed by atoms with Gasteiger partial charge in [0.25, 0.3) is 0 Å². The smallest absolute Gasteiger partial charge is 0.308 e. The van der Waals surface area contributed by atoms with E-state index in [1.165, 1.54) is 0 Å². The first kappa shape index (κ1) is 12.2. The molecule has 0 saturated carbocycles. The molecule has 0 bridgehead atoms. The van der Waals surface area contributed by atoms with E-state index < -0.39 is 18.0 Å². The minimum absolute atomic E-state index is 0.111. The molecule has 86 valence electrons. The third-order valence-electron chi connectivity index (χ3n) is 1.93. The molecule has 1 unspecified atom stereocenters. The lowest BCUT2D eigenvalue weighted by Crippen LogP contribution is -2.43. The highest BCUT2D eigenvalue weighted by Gasteiger charge is 2.11. The zero-order valence-electron chi connectivity index (χ0n) is 8.59. The van der Waals surface area contributed by atoms with Gasteiger partial charge in [-0.1, -0.05) is 30.3 Å². The van der Waals surface area contributed by atoms with Gasteiger partial charge in [0, 0.05) is 0 Å². The van der Waals surface area contributed by atoms with Crippen LogP contribution in [0.15, 0.2) is 30.3 Å². The summed E-state index contributed by atoms with van der Waals surface area (Å²) in [7, 11) is 0. The van der Waals surface area contributed by atoms with Gasteiger partial charge in [0.15, 0.2) is 0 Å². The van der Waals surface area contributed by atoms with Gasteiger partial charge in [-0.3, -0.25) is 4.79 Å². The molecule has 16 heavy (non-hydrogen) atoms. The minimum Gasteiger partial charge on any atom is -0.548 e. The highest BCUT2D eigenvalue weighted by molar-refractivity contribution is 5.79. The summed E-state index contributed by atoms with van der Waals surface area (Å²) >= 11 is 0. The van der Waals surface area contributed by atoms with Crippen molar-refractivity contribution in [1.29, 1.82) is 0 Å². The first-order valence-corrected chi connectivity index (χ1v) is 4.75. The lowest BCUT2D eigenvalue weighted by molar-refractivity contribution is -0.307. The molecule has 0 amide bonds. The number of carboxylic acids is 1. The van der Waals surface area contributed by atoms with Crippen molar-refractivity contribution < 1.29 is 19.4 Å². The molecule has 0 aromatic heterocycles. The normalized spacial score (nSPS) is 11.8. The van der Waals surface area contributed by atoms with Gasteiger partial charge in [0.05, 0.1) is 18.4 Å². The largest absolute Gasteiger partial charge is 0.548 e. The summed E-state index contributed by atoms with van der Waals surface area (Å²) in [5.74, 6) is -2.11. The number of ether oxygens (including phenoxy) is 1. The summed E-state index contributed by atoms with van der Waals surface area (Å²) in [4.78, 5) is 21.4. The molecule has 1 atom stereocenters. The Morgan fingerprint density at radius 2 is 1.94 bits per heavy atom. The Kier molecular flexibility index (Phi) is 4.47. The predicted molar refractivity (Wildman–Crippen MR) is 53.8 cm³/mol. The van der Waals surface area contributed by atoms with Crippen molar-refractivity contribution in [3.8, 4) is 0 Å². The molecule has 0 saturated heterocycles. The second kappa shape index (κ2) is 5.87. The molecule has 0 aliphatic heterocycles. The Bertz CT molecular complexity index is 364. The zero-order valence-corrected chi connectivity index (χ0v) is 8.59. The SMILES string of the molecule is NC(CC(=O)OCc1ccccc1)C(=O)[O-]. The summed E-state index contributed by atoms with van der Waals surface area (Å²) in [6.45, 7) is 0.111. The van der Waals surface area contributed by atoms with Crippen LogP contribution >= 0.6 is 0 Å². The standard InChI is InChI=1S/C11H13NO4/c12-9(11(14)15)6-10(13)16-7-8-4-2-1-3-5-8/h1-5,9H,6-7,12H2,(H,14,15)/p-1. The molecule has 0 aliphatic carbocycles. The molecule has 1 rings (SSSR count). The van der Waals surface area contributed by atoms with Crippen molar-refractivity contribution in [2.75, 3.05) is 0 Å². The quantitative estimate of drug-likeness (QED) is 0.658. The average molecular weight is 222 g/mol. The number of hydrogen-bond acceptors (Lipinski definition) is 5. The van der Waals surface area contributed by atoms with Crippen LogP contribution in [0.5, 0.6) is 0 Å². The molecule has 0 aliphatic rings. The Morgan fingerprint density at radius 1 is 1.31 bits per heavy atom. The summed E-state index contributed by atoms with van der Waals surface area (Å²) in [6, 6.07) is 7.75. The summed E-state index contributed by atoms with van der Waals surface area (Å²) in [6.07, 6.45) is -0.380. The Balaban J connectivity index is 2.33. The topological polar surface area (TPSA) is 92.5 Å². The fourth-order valence-corrected chi connectivity index (χ4v) is 1.06. The van der Waals surface area contributed by atoms with Crippen LogP contribution in [0.4, 0.5) is 0 Å². The molecule has 0 heterocycles. The molecule has 0 spiro atoms. The lowest BCUT2D eigenvalue weighted by Gasteiger charge is -2.11. The van der Waals surface area contributed by atoms with Gasteiger partial charge in [-0.25, -0.2) is 0 Å². The van der Waals surface area contributed by atoms with Crippen LogP contribution in [-0.4, -0.2) is 18.0 Å². The van der Waals surface area contributed by atoms with E-state index in [-0.39, 0.29) is 13.0 Å². The van der Waals surface area contributed by atoms with Crippen molar-refractivity contribution in [2.24, 2.45) is 5.73 Å². The van der Waals surface area contributed by atoms with Crippen LogP contribution in [0.1, 0.15) is 12.0 Å². The number of aliphatic carboxylic acids is 1. The molecular formula is C11H12NO4-. The Hall–Kier alpha value is -1.88. The number of benzene rings is 1. The fourth-order valence-electron chi connectivity index (χ4n) is 1.06. The van der Waals surface area contributed by atoms with Crippen molar-refractivity contribution in [1.82, 2.24) is 0 Å². The van der Waals surface area contributed by atoms with Gasteiger partial charge in [-0.15, -0.1) is 0 Å². The Morgan fingerprint density at radius 3 is 2.50 bits per heavy atom. The molecular weight excluding hydrogens is 210 g/mol. The molecule has 2 N–H and O–H groups in total. The minimum atomic E-state index is -1.46. The molecule has 0 radical (unpaired) electrons. The average Bonchev–Trinajstić information content (AvgIpc) is 2.27. The number of nitrogens with two attached hydrogens (primary N) is 1. The van der Waals surface area contributed by atoms with E-state index in [4.69, 9.17) is 10.5 Å². The van der Waals surface area contributed by atoms with Gasteiger partial charge in [-0.2, -0.15) is 0 Å². The summed E-state index contributed by atoms with van der Waals surface area (Å²) < 4.78 is 4.84. The maximum Gasteiger partial charge on any atom is 0.308 e. The van der Waals surface area contributed by atoms with Crippen LogP contribution in [-0.2, 0) is 20.9 Å². The van der Waals surface area contributed by atoms with Crippen LogP contribution in [0.2, 0.25) is 0 Å². The van der Waals surface area contributed by atoms with Crippen LogP contribution < -0.4 is 10.8 Å². The second-order valence-electron chi connectivity index (χ2n) is 3.28. The number of hydrogen-bond donors (Lipinski definition) is 1. The number of esters is 1. The highest BCUT2D eigenvalue weighted by atomic mass is 16.5. The molecule has 5 heteroatoms. The monoisotopic (exact) mass is 222 g/mol. The highest BCUT2D eigenvalue weighted by Crippen LogP contribution is 2.02. The van der Waals surface area contributed by atoms with Crippen LogP contribution in [0, 0.1) is 0 Å². The number of carbonyl (C=O) groups excluding carboxylic acids is 2. The van der Waals surface area contributed by atoms with Crippen molar-refractivity contribution in [3.63, 3.8) is 0 Å². The van der Waals surface area contributed by atoms with Gasteiger partial charge < -0.3 is 20.4 Å². The van der Waals surface area contributed by atoms with Crippen LogP contribution in [0.3, 0.4) is 0 Å². The first-order chi connectivity index (χ1) is 7.59. The van der Waals surface area contributed by atoms with Gasteiger partial charge in [0.2, 0.25) is 0 Å². The third kappa shape index (κ3) is 4.10.